The molecule has 0 N–H and O–H groups in total. The molecule has 0 spiro atoms. The molecule has 3 aromatic carbocycles. The molecule has 200 valence electrons. The molecule has 38 heavy (non-hydrogen) atoms. The minimum atomic E-state index is -0.435. The van der Waals surface area contributed by atoms with Crippen molar-refractivity contribution in [2.45, 2.75) is 12.5 Å². The monoisotopic (exact) mass is 559 g/mol. The number of benzene rings is 3. The smallest absolute Gasteiger partial charge is 0.337 e. The lowest BCUT2D eigenvalue weighted by molar-refractivity contribution is -0.137. The average Bonchev–Trinajstić information content (AvgIpc) is 2.94. The number of amides is 1. The van der Waals surface area contributed by atoms with Gasteiger partial charge in [0, 0.05) is 11.6 Å². The molecule has 0 saturated heterocycles. The van der Waals surface area contributed by atoms with Gasteiger partial charge in [0.05, 0.1) is 38.0 Å². The van der Waals surface area contributed by atoms with E-state index in [1.807, 2.05) is 12.1 Å². The largest absolute Gasteiger partial charge is 0.493 e. The number of rotatable bonds is 9. The summed E-state index contributed by atoms with van der Waals surface area (Å²) >= 11 is 12.2. The lowest BCUT2D eigenvalue weighted by Gasteiger charge is -2.37. The van der Waals surface area contributed by atoms with E-state index in [1.54, 1.807) is 61.6 Å². The number of nitrogens with zero attached hydrogens (tertiary/aromatic N) is 1. The Bertz CT molecular complexity index is 1310. The minimum absolute atomic E-state index is 0.160. The van der Waals surface area contributed by atoms with Gasteiger partial charge in [-0.2, -0.15) is 0 Å². The van der Waals surface area contributed by atoms with E-state index < -0.39 is 12.0 Å². The van der Waals surface area contributed by atoms with Crippen LogP contribution in [0.15, 0.2) is 54.6 Å². The second-order valence-corrected chi connectivity index (χ2v) is 9.29. The Hall–Kier alpha value is -3.62. The summed E-state index contributed by atoms with van der Waals surface area (Å²) in [4.78, 5) is 26.8. The highest BCUT2D eigenvalue weighted by molar-refractivity contribution is 6.35. The number of hydrogen-bond donors (Lipinski definition) is 0. The number of fused-ring (bicyclic) bond motifs is 1. The van der Waals surface area contributed by atoms with Gasteiger partial charge >= 0.3 is 5.97 Å². The maximum Gasteiger partial charge on any atom is 0.337 e. The number of carbonyl (C=O) groups excluding carboxylic acids is 2. The van der Waals surface area contributed by atoms with Crippen LogP contribution in [-0.4, -0.2) is 57.9 Å². The Kier molecular flexibility index (Phi) is 8.86. The number of hydrogen-bond acceptors (Lipinski definition) is 7. The Morgan fingerprint density at radius 2 is 1.61 bits per heavy atom. The first-order valence-electron chi connectivity index (χ1n) is 11.8. The fraction of sp³-hybridized carbons (Fsp3) is 0.286. The van der Waals surface area contributed by atoms with Gasteiger partial charge < -0.3 is 28.6 Å². The van der Waals surface area contributed by atoms with Crippen LogP contribution >= 0.6 is 23.2 Å². The van der Waals surface area contributed by atoms with Gasteiger partial charge in [-0.1, -0.05) is 23.2 Å². The predicted molar refractivity (Wildman–Crippen MR) is 143 cm³/mol. The highest BCUT2D eigenvalue weighted by Crippen LogP contribution is 2.38. The first-order chi connectivity index (χ1) is 18.3. The van der Waals surface area contributed by atoms with Gasteiger partial charge in [0.1, 0.15) is 18.1 Å². The third-order valence-electron chi connectivity index (χ3n) is 6.25. The van der Waals surface area contributed by atoms with Gasteiger partial charge in [-0.3, -0.25) is 4.79 Å². The molecule has 0 aromatic heterocycles. The highest BCUT2D eigenvalue weighted by atomic mass is 35.5. The van der Waals surface area contributed by atoms with Gasteiger partial charge in [0.15, 0.2) is 18.1 Å². The third kappa shape index (κ3) is 6.09. The molecule has 4 rings (SSSR count). The molecule has 8 nitrogen and oxygen atoms in total. The zero-order valence-corrected chi connectivity index (χ0v) is 22.7. The molecule has 1 aliphatic heterocycles. The summed E-state index contributed by atoms with van der Waals surface area (Å²) in [6.07, 6.45) is 0.619. The van der Waals surface area contributed by atoms with E-state index in [1.165, 1.54) is 7.11 Å². The SMILES string of the molecule is COC(=O)c1ccc(OCC2c3cc(OC)c(OC)cc3CCN2C(=O)COc2ccc(Cl)cc2Cl)cc1. The van der Waals surface area contributed by atoms with Crippen LogP contribution in [0.3, 0.4) is 0 Å². The van der Waals surface area contributed by atoms with Crippen LogP contribution in [0.5, 0.6) is 23.0 Å². The van der Waals surface area contributed by atoms with E-state index in [9.17, 15) is 9.59 Å². The maximum absolute atomic E-state index is 13.4. The van der Waals surface area contributed by atoms with Gasteiger partial charge in [-0.25, -0.2) is 4.79 Å². The molecule has 0 aliphatic carbocycles. The lowest BCUT2D eigenvalue weighted by atomic mass is 9.92. The average molecular weight is 560 g/mol. The van der Waals surface area contributed by atoms with E-state index in [4.69, 9.17) is 46.9 Å². The molecule has 1 atom stereocenters. The highest BCUT2D eigenvalue weighted by Gasteiger charge is 2.33. The first kappa shape index (κ1) is 27.4. The van der Waals surface area contributed by atoms with E-state index in [-0.39, 0.29) is 19.1 Å². The van der Waals surface area contributed by atoms with Crippen LogP contribution in [0.2, 0.25) is 10.0 Å². The number of esters is 1. The predicted octanol–water partition coefficient (Wildman–Crippen LogP) is 5.38. The van der Waals surface area contributed by atoms with Crippen molar-refractivity contribution in [1.29, 1.82) is 0 Å². The van der Waals surface area contributed by atoms with Crippen LogP contribution in [0.4, 0.5) is 0 Å². The Labute approximate surface area is 230 Å². The van der Waals surface area contributed by atoms with Crippen molar-refractivity contribution < 1.29 is 33.3 Å². The molecule has 0 saturated carbocycles. The van der Waals surface area contributed by atoms with Gasteiger partial charge in [-0.05, 0) is 72.1 Å². The molecule has 3 aromatic rings. The molecule has 0 fully saturated rings. The van der Waals surface area contributed by atoms with E-state index in [0.717, 1.165) is 11.1 Å². The molecule has 10 heteroatoms. The first-order valence-corrected chi connectivity index (χ1v) is 12.5. The van der Waals surface area contributed by atoms with Crippen LogP contribution in [0.25, 0.3) is 0 Å². The summed E-state index contributed by atoms with van der Waals surface area (Å²) in [5.74, 6) is 1.41. The van der Waals surface area contributed by atoms with Crippen molar-refractivity contribution in [3.63, 3.8) is 0 Å². The summed E-state index contributed by atoms with van der Waals surface area (Å²) in [7, 11) is 4.47. The van der Waals surface area contributed by atoms with Crippen molar-refractivity contribution in [2.75, 3.05) is 41.1 Å². The Morgan fingerprint density at radius 3 is 2.26 bits per heavy atom. The molecule has 1 aliphatic rings. The molecule has 1 heterocycles. The second kappa shape index (κ2) is 12.3. The summed E-state index contributed by atoms with van der Waals surface area (Å²) in [5, 5.41) is 0.795. The zero-order valence-electron chi connectivity index (χ0n) is 21.2. The molecule has 0 bridgehead atoms. The molecule has 1 amide bonds. The summed E-state index contributed by atoms with van der Waals surface area (Å²) in [5.41, 5.74) is 2.33. The molecular weight excluding hydrogens is 533 g/mol. The van der Waals surface area contributed by atoms with E-state index in [0.29, 0.717) is 51.6 Å². The van der Waals surface area contributed by atoms with Gasteiger partial charge in [-0.15, -0.1) is 0 Å². The minimum Gasteiger partial charge on any atom is -0.493 e. The molecule has 1 unspecified atom stereocenters. The van der Waals surface area contributed by atoms with Gasteiger partial charge in [0.2, 0.25) is 0 Å². The van der Waals surface area contributed by atoms with Crippen LogP contribution in [0.1, 0.15) is 27.5 Å². The number of halogens is 2. The normalized spacial score (nSPS) is 14.3. The number of ether oxygens (including phenoxy) is 5. The van der Waals surface area contributed by atoms with Gasteiger partial charge in [0.25, 0.3) is 5.91 Å². The summed E-state index contributed by atoms with van der Waals surface area (Å²) in [6, 6.07) is 14.8. The fourth-order valence-corrected chi connectivity index (χ4v) is 4.76. The third-order valence-corrected chi connectivity index (χ3v) is 6.78. The topological polar surface area (TPSA) is 83.5 Å². The van der Waals surface area contributed by atoms with Crippen molar-refractivity contribution >= 4 is 35.1 Å². The lowest BCUT2D eigenvalue weighted by Crippen LogP contribution is -2.44. The van der Waals surface area contributed by atoms with Crippen molar-refractivity contribution in [3.05, 3.63) is 81.3 Å². The van der Waals surface area contributed by atoms with Crippen molar-refractivity contribution in [2.24, 2.45) is 0 Å². The fourth-order valence-electron chi connectivity index (χ4n) is 4.30. The summed E-state index contributed by atoms with van der Waals surface area (Å²) < 4.78 is 27.5. The van der Waals surface area contributed by atoms with Crippen molar-refractivity contribution in [3.8, 4) is 23.0 Å². The maximum atomic E-state index is 13.4. The standard InChI is InChI=1S/C28H27Cl2NO7/c1-34-25-12-18-10-11-31(27(32)16-38-24-9-6-19(29)13-22(24)30)23(21(18)14-26(25)35-2)15-37-20-7-4-17(5-8-20)28(33)36-3/h4-9,12-14,23H,10-11,15-16H2,1-3H3. The second-order valence-electron chi connectivity index (χ2n) is 8.45. The summed E-state index contributed by atoms with van der Waals surface area (Å²) in [6.45, 7) is 0.399. The number of carbonyl (C=O) groups is 2. The zero-order chi connectivity index (χ0) is 27.2. The van der Waals surface area contributed by atoms with E-state index in [2.05, 4.69) is 0 Å². The molecular formula is C28H27Cl2NO7. The van der Waals surface area contributed by atoms with E-state index >= 15 is 0 Å². The quantitative estimate of drug-likeness (QED) is 0.325. The Morgan fingerprint density at radius 1 is 0.895 bits per heavy atom. The van der Waals surface area contributed by atoms with Crippen LogP contribution in [-0.2, 0) is 16.0 Å². The van der Waals surface area contributed by atoms with Crippen LogP contribution < -0.4 is 18.9 Å². The molecule has 0 radical (unpaired) electrons. The Balaban J connectivity index is 1.58. The van der Waals surface area contributed by atoms with Crippen LogP contribution in [0, 0.1) is 0 Å². The van der Waals surface area contributed by atoms with Crippen molar-refractivity contribution in [1.82, 2.24) is 4.90 Å². The number of methoxy groups -OCH3 is 3.